The van der Waals surface area contributed by atoms with Gasteiger partial charge in [0.15, 0.2) is 0 Å². The third kappa shape index (κ3) is 6.21. The van der Waals surface area contributed by atoms with Crippen LogP contribution in [0.3, 0.4) is 0 Å². The lowest BCUT2D eigenvalue weighted by Gasteiger charge is -2.52. The van der Waals surface area contributed by atoms with Crippen molar-refractivity contribution in [3.63, 3.8) is 0 Å². The topological polar surface area (TPSA) is 12.5 Å². The van der Waals surface area contributed by atoms with Gasteiger partial charge in [-0.05, 0) is 130 Å². The zero-order chi connectivity index (χ0) is 32.9. The van der Waals surface area contributed by atoms with Gasteiger partial charge in [0, 0.05) is 24.4 Å². The number of hydrogen-bond donors (Lipinski definition) is 0. The van der Waals surface area contributed by atoms with Crippen LogP contribution in [0, 0.1) is 47.3 Å². The fourth-order valence-corrected chi connectivity index (χ4v) is 22.9. The molecule has 268 valence electrons. The molecule has 1 aromatic carbocycles. The Morgan fingerprint density at radius 2 is 1.12 bits per heavy atom. The molecule has 3 heteroatoms. The van der Waals surface area contributed by atoms with Gasteiger partial charge in [0.05, 0.1) is 13.7 Å². The van der Waals surface area contributed by atoms with Gasteiger partial charge in [-0.1, -0.05) is 121 Å². The third-order valence-electron chi connectivity index (χ3n) is 16.5. The molecular weight excluding hydrogens is 599 g/mol. The van der Waals surface area contributed by atoms with Crippen LogP contribution in [0.25, 0.3) is 0 Å². The molecule has 1 aromatic rings. The second kappa shape index (κ2) is 14.3. The summed E-state index contributed by atoms with van der Waals surface area (Å²) in [7, 11) is -1.66. The van der Waals surface area contributed by atoms with Crippen LogP contribution in [-0.4, -0.2) is 32.4 Å². The Morgan fingerprint density at radius 3 is 1.75 bits per heavy atom. The number of benzene rings is 1. The first-order chi connectivity index (χ1) is 23.4. The number of fused-ring (bicyclic) bond motifs is 8. The quantitative estimate of drug-likeness (QED) is 0.181. The predicted molar refractivity (Wildman–Crippen MR) is 206 cm³/mol. The maximum atomic E-state index is 6.17. The molecule has 1 aliphatic heterocycles. The van der Waals surface area contributed by atoms with E-state index in [1.54, 1.807) is 69.5 Å². The summed E-state index contributed by atoms with van der Waals surface area (Å²) >= 11 is 0. The zero-order valence-electron chi connectivity index (χ0n) is 31.7. The molecule has 48 heavy (non-hydrogen) atoms. The van der Waals surface area contributed by atoms with Crippen LogP contribution in [0.5, 0.6) is 0 Å². The monoisotopic (exact) mass is 672 g/mol. The number of ether oxygens (including phenoxy) is 1. The molecule has 6 aliphatic carbocycles. The van der Waals surface area contributed by atoms with Crippen molar-refractivity contribution < 1.29 is 4.74 Å². The Bertz CT molecular complexity index is 1170. The van der Waals surface area contributed by atoms with Crippen LogP contribution in [0.15, 0.2) is 30.3 Å². The van der Waals surface area contributed by atoms with Crippen molar-refractivity contribution in [1.29, 1.82) is 0 Å². The Balaban J connectivity index is 1.16. The van der Waals surface area contributed by atoms with Crippen molar-refractivity contribution in [2.24, 2.45) is 47.3 Å². The minimum Gasteiger partial charge on any atom is -0.376 e. The van der Waals surface area contributed by atoms with E-state index >= 15 is 0 Å². The van der Waals surface area contributed by atoms with Crippen LogP contribution < -0.4 is 4.90 Å². The summed E-state index contributed by atoms with van der Waals surface area (Å²) in [6, 6.07) is 15.3. The third-order valence-corrected chi connectivity index (χ3v) is 22.6. The van der Waals surface area contributed by atoms with Crippen LogP contribution in [-0.2, 0) is 4.74 Å². The van der Waals surface area contributed by atoms with Gasteiger partial charge in [0.1, 0.15) is 0 Å². The summed E-state index contributed by atoms with van der Waals surface area (Å²) in [4.78, 5) is 3.16. The van der Waals surface area contributed by atoms with E-state index in [-0.39, 0.29) is 5.60 Å². The summed E-state index contributed by atoms with van der Waals surface area (Å²) < 4.78 is 6.17. The molecule has 0 radical (unpaired) electrons. The van der Waals surface area contributed by atoms with E-state index in [2.05, 4.69) is 62.5 Å². The van der Waals surface area contributed by atoms with E-state index in [1.807, 2.05) is 0 Å². The molecule has 7 aliphatic rings. The predicted octanol–water partition coefficient (Wildman–Crippen LogP) is 12.7. The molecule has 1 saturated heterocycles. The average molecular weight is 672 g/mol. The molecule has 6 saturated carbocycles. The van der Waals surface area contributed by atoms with Crippen LogP contribution in [0.4, 0.5) is 5.69 Å². The molecule has 2 nitrogen and oxygen atoms in total. The van der Waals surface area contributed by atoms with Gasteiger partial charge in [-0.15, -0.1) is 0 Å². The molecule has 0 amide bonds. The second-order valence-electron chi connectivity index (χ2n) is 19.8. The van der Waals surface area contributed by atoms with Crippen molar-refractivity contribution in [3.8, 4) is 0 Å². The number of para-hydroxylation sites is 1. The van der Waals surface area contributed by atoms with Crippen molar-refractivity contribution in [1.82, 2.24) is 0 Å². The van der Waals surface area contributed by atoms with Crippen molar-refractivity contribution in [2.75, 3.05) is 11.5 Å². The summed E-state index contributed by atoms with van der Waals surface area (Å²) in [6.45, 7) is 10.7. The van der Waals surface area contributed by atoms with Gasteiger partial charge in [-0.2, -0.15) is 0 Å². The molecular formula is C45H73NOSi. The van der Waals surface area contributed by atoms with Crippen molar-refractivity contribution >= 4 is 13.8 Å². The van der Waals surface area contributed by atoms with Crippen LogP contribution >= 0.6 is 0 Å². The molecule has 8 rings (SSSR count). The number of hydrogen-bond acceptors (Lipinski definition) is 2. The number of unbranched alkanes of at least 4 members (excludes halogenated alkanes) is 3. The lowest BCUT2D eigenvalue weighted by Crippen LogP contribution is -2.51. The number of anilines is 1. The van der Waals surface area contributed by atoms with Crippen molar-refractivity contribution in [3.05, 3.63) is 30.3 Å². The summed E-state index contributed by atoms with van der Waals surface area (Å²) in [5, 5.41) is 0. The van der Waals surface area contributed by atoms with Gasteiger partial charge in [-0.25, -0.2) is 0 Å². The molecule has 0 bridgehead atoms. The smallest absolute Gasteiger partial charge is 0.0598 e. The SMILES string of the molecule is CC(C)(C)OCCCCCC[Si](C)(C1C2CCCCC2C2CCCCC21)C1C2CCCCC2C2C1C1CCCCC1N2c1ccccc1. The summed E-state index contributed by atoms with van der Waals surface area (Å²) in [5.41, 5.74) is 3.82. The molecule has 12 atom stereocenters. The fourth-order valence-electron chi connectivity index (χ4n) is 15.3. The lowest BCUT2D eigenvalue weighted by atomic mass is 9.73. The largest absolute Gasteiger partial charge is 0.376 e. The van der Waals surface area contributed by atoms with Gasteiger partial charge in [-0.3, -0.25) is 0 Å². The van der Waals surface area contributed by atoms with E-state index < -0.39 is 8.07 Å². The summed E-state index contributed by atoms with van der Waals surface area (Å²) in [6.07, 6.45) is 30.3. The normalized spacial score (nSPS) is 42.0. The maximum Gasteiger partial charge on any atom is 0.0598 e. The van der Waals surface area contributed by atoms with Gasteiger partial charge in [0.2, 0.25) is 0 Å². The minimum absolute atomic E-state index is 0.00246. The van der Waals surface area contributed by atoms with Crippen LogP contribution in [0.2, 0.25) is 23.7 Å². The average Bonchev–Trinajstić information content (AvgIpc) is 3.74. The Morgan fingerprint density at radius 1 is 0.604 bits per heavy atom. The zero-order valence-corrected chi connectivity index (χ0v) is 32.7. The molecule has 0 aromatic heterocycles. The molecule has 12 unspecified atom stereocenters. The van der Waals surface area contributed by atoms with E-state index in [0.717, 1.165) is 77.1 Å². The van der Waals surface area contributed by atoms with Gasteiger partial charge < -0.3 is 9.64 Å². The van der Waals surface area contributed by atoms with E-state index in [1.165, 1.54) is 70.6 Å². The fraction of sp³-hybridized carbons (Fsp3) is 0.867. The van der Waals surface area contributed by atoms with E-state index in [4.69, 9.17) is 4.74 Å². The standard InChI is InChI=1S/C45H73NOSi/c1-45(2,3)47-30-18-5-6-19-31-48(4,43-36-25-13-10-22-33(36)34-23-11-14-26-37(34)43)44-38-27-15-12-24-35(38)42-41(44)39-28-16-17-29-40(39)46(42)32-20-8-7-9-21-32/h7-9,20-21,33-44H,5-6,10-19,22-31H2,1-4H3. The lowest BCUT2D eigenvalue weighted by molar-refractivity contribution is -0.00471. The molecule has 7 fully saturated rings. The highest BCUT2D eigenvalue weighted by Gasteiger charge is 2.69. The Hall–Kier alpha value is -0.803. The highest BCUT2D eigenvalue weighted by molar-refractivity contribution is 6.81. The highest BCUT2D eigenvalue weighted by atomic mass is 28.3. The van der Waals surface area contributed by atoms with E-state index in [9.17, 15) is 0 Å². The maximum absolute atomic E-state index is 6.17. The Labute approximate surface area is 297 Å². The molecule has 0 spiro atoms. The summed E-state index contributed by atoms with van der Waals surface area (Å²) in [5.74, 6) is 8.34. The molecule has 0 N–H and O–H groups in total. The first-order valence-electron chi connectivity index (χ1n) is 21.8. The minimum atomic E-state index is -1.66. The van der Waals surface area contributed by atoms with Crippen molar-refractivity contribution in [2.45, 2.75) is 191 Å². The second-order valence-corrected chi connectivity index (χ2v) is 24.7. The van der Waals surface area contributed by atoms with Gasteiger partial charge in [0.25, 0.3) is 0 Å². The number of rotatable bonds is 10. The highest BCUT2D eigenvalue weighted by Crippen LogP contribution is 2.72. The van der Waals surface area contributed by atoms with E-state index in [0.29, 0.717) is 0 Å². The number of nitrogens with zero attached hydrogens (tertiary/aromatic N) is 1. The molecule has 1 heterocycles. The Kier molecular flexibility index (Phi) is 10.2. The van der Waals surface area contributed by atoms with Crippen LogP contribution in [0.1, 0.15) is 149 Å². The van der Waals surface area contributed by atoms with Gasteiger partial charge >= 0.3 is 0 Å². The first-order valence-corrected chi connectivity index (χ1v) is 24.7. The first kappa shape index (κ1) is 34.3.